The van der Waals surface area contributed by atoms with Gasteiger partial charge in [0.15, 0.2) is 11.5 Å². The minimum atomic E-state index is -0.153. The first-order valence-corrected chi connectivity index (χ1v) is 10.6. The summed E-state index contributed by atoms with van der Waals surface area (Å²) in [7, 11) is 0. The van der Waals surface area contributed by atoms with Gasteiger partial charge in [0, 0.05) is 13.0 Å². The minimum Gasteiger partial charge on any atom is -0.454 e. The van der Waals surface area contributed by atoms with Crippen LogP contribution >= 0.6 is 24.0 Å². The number of thioether (sulfide) groups is 1. The van der Waals surface area contributed by atoms with Gasteiger partial charge in [-0.1, -0.05) is 48.2 Å². The Morgan fingerprint density at radius 2 is 1.97 bits per heavy atom. The summed E-state index contributed by atoms with van der Waals surface area (Å²) in [6.45, 7) is 0.594. The Balaban J connectivity index is 1.28. The molecule has 2 heterocycles. The Morgan fingerprint density at radius 1 is 1.17 bits per heavy atom. The first kappa shape index (κ1) is 20.2. The van der Waals surface area contributed by atoms with Crippen molar-refractivity contribution >= 4 is 51.9 Å². The lowest BCUT2D eigenvalue weighted by Gasteiger charge is -2.14. The second-order valence-corrected chi connectivity index (χ2v) is 8.26. The number of rotatable bonds is 7. The summed E-state index contributed by atoms with van der Waals surface area (Å²) >= 11 is 6.61. The number of hydrazine groups is 1. The van der Waals surface area contributed by atoms with E-state index in [0.717, 1.165) is 11.3 Å². The van der Waals surface area contributed by atoms with Crippen LogP contribution in [0.1, 0.15) is 18.4 Å². The molecule has 7 nitrogen and oxygen atoms in total. The van der Waals surface area contributed by atoms with E-state index >= 15 is 0 Å². The number of nitrogens with zero attached hydrogens (tertiary/aromatic N) is 1. The van der Waals surface area contributed by atoms with E-state index in [-0.39, 0.29) is 25.0 Å². The molecule has 1 fully saturated rings. The number of nitrogens with one attached hydrogen (secondary N) is 2. The van der Waals surface area contributed by atoms with E-state index in [0.29, 0.717) is 33.7 Å². The number of hydrogen-bond donors (Lipinski definition) is 2. The molecule has 0 unspecified atom stereocenters. The molecule has 2 aliphatic rings. The van der Waals surface area contributed by atoms with Crippen molar-refractivity contribution in [1.29, 1.82) is 0 Å². The third-order valence-electron chi connectivity index (χ3n) is 4.47. The Bertz CT molecular complexity index is 1010. The number of carbonyl (C=O) groups is 2. The maximum absolute atomic E-state index is 12.7. The van der Waals surface area contributed by atoms with Crippen molar-refractivity contribution < 1.29 is 19.1 Å². The van der Waals surface area contributed by atoms with E-state index in [9.17, 15) is 9.59 Å². The number of ether oxygens (including phenoxy) is 2. The molecule has 0 radical (unpaired) electrons. The molecular weight excluding hydrogens is 422 g/mol. The molecule has 0 aliphatic carbocycles. The summed E-state index contributed by atoms with van der Waals surface area (Å²) in [4.78, 5) is 26.8. The van der Waals surface area contributed by atoms with Crippen LogP contribution in [-0.4, -0.2) is 34.4 Å². The molecule has 2 aromatic rings. The van der Waals surface area contributed by atoms with Gasteiger partial charge < -0.3 is 9.47 Å². The summed E-state index contributed by atoms with van der Waals surface area (Å²) in [5.74, 6) is 1.06. The highest BCUT2D eigenvalue weighted by Crippen LogP contribution is 2.36. The number of para-hydroxylation sites is 1. The summed E-state index contributed by atoms with van der Waals surface area (Å²) in [6, 6.07) is 14.9. The van der Waals surface area contributed by atoms with Crippen LogP contribution in [0.2, 0.25) is 0 Å². The molecule has 9 heteroatoms. The van der Waals surface area contributed by atoms with Crippen LogP contribution in [0.5, 0.6) is 11.5 Å². The van der Waals surface area contributed by atoms with Gasteiger partial charge in [-0.2, -0.15) is 0 Å². The highest BCUT2D eigenvalue weighted by atomic mass is 32.2. The highest BCUT2D eigenvalue weighted by molar-refractivity contribution is 8.26. The lowest BCUT2D eigenvalue weighted by Crippen LogP contribution is -2.32. The number of thiocarbonyl (C=S) groups is 1. The molecule has 0 aromatic heterocycles. The van der Waals surface area contributed by atoms with Gasteiger partial charge >= 0.3 is 0 Å². The predicted octanol–water partition coefficient (Wildman–Crippen LogP) is 3.54. The van der Waals surface area contributed by atoms with E-state index in [4.69, 9.17) is 21.7 Å². The van der Waals surface area contributed by atoms with Gasteiger partial charge in [-0.25, -0.2) is 0 Å². The molecule has 30 heavy (non-hydrogen) atoms. The number of hydrogen-bond acceptors (Lipinski definition) is 7. The van der Waals surface area contributed by atoms with E-state index in [1.165, 1.54) is 16.7 Å². The number of fused-ring (bicyclic) bond motifs is 1. The smallest absolute Gasteiger partial charge is 0.266 e. The van der Waals surface area contributed by atoms with Crippen LogP contribution in [0.4, 0.5) is 5.69 Å². The van der Waals surface area contributed by atoms with Gasteiger partial charge in [-0.05, 0) is 42.3 Å². The van der Waals surface area contributed by atoms with Gasteiger partial charge in [0.05, 0.1) is 10.6 Å². The van der Waals surface area contributed by atoms with Crippen molar-refractivity contribution in [2.75, 3.05) is 18.8 Å². The van der Waals surface area contributed by atoms with E-state index in [1.807, 2.05) is 48.5 Å². The van der Waals surface area contributed by atoms with Gasteiger partial charge in [0.1, 0.15) is 4.32 Å². The van der Waals surface area contributed by atoms with Crippen LogP contribution < -0.4 is 20.3 Å². The second kappa shape index (κ2) is 9.19. The standard InChI is InChI=1S/C21H19N3O4S2/c25-19(23-22-15-5-2-1-3-6-15)7-4-10-24-20(26)18(30-21(24)29)12-14-8-9-16-17(11-14)28-13-27-16/h1-3,5-6,8-9,11-12,22H,4,7,10,13H2,(H,23,25). The van der Waals surface area contributed by atoms with Crippen molar-refractivity contribution in [1.82, 2.24) is 10.3 Å². The molecule has 0 atom stereocenters. The number of carbonyl (C=O) groups excluding carboxylic acids is 2. The molecule has 2 N–H and O–H groups in total. The Hall–Kier alpha value is -3.04. The Labute approximate surface area is 183 Å². The van der Waals surface area contributed by atoms with Crippen LogP contribution in [0.25, 0.3) is 6.08 Å². The quantitative estimate of drug-likeness (QED) is 0.386. The summed E-state index contributed by atoms with van der Waals surface area (Å²) < 4.78 is 11.2. The lowest BCUT2D eigenvalue weighted by atomic mass is 10.2. The fourth-order valence-corrected chi connectivity index (χ4v) is 4.28. The molecule has 0 saturated carbocycles. The molecular formula is C21H19N3O4S2. The average Bonchev–Trinajstić information content (AvgIpc) is 3.32. The van der Waals surface area contributed by atoms with Gasteiger partial charge in [0.25, 0.3) is 5.91 Å². The zero-order chi connectivity index (χ0) is 20.9. The van der Waals surface area contributed by atoms with Crippen LogP contribution in [0.3, 0.4) is 0 Å². The Morgan fingerprint density at radius 3 is 2.80 bits per heavy atom. The fourth-order valence-electron chi connectivity index (χ4n) is 2.97. The predicted molar refractivity (Wildman–Crippen MR) is 120 cm³/mol. The molecule has 4 rings (SSSR count). The topological polar surface area (TPSA) is 79.9 Å². The molecule has 1 saturated heterocycles. The highest BCUT2D eigenvalue weighted by Gasteiger charge is 2.31. The number of amides is 2. The Kier molecular flexibility index (Phi) is 6.20. The van der Waals surface area contributed by atoms with Crippen molar-refractivity contribution in [3.05, 3.63) is 59.0 Å². The summed E-state index contributed by atoms with van der Waals surface area (Å²) in [5.41, 5.74) is 7.14. The largest absolute Gasteiger partial charge is 0.454 e. The monoisotopic (exact) mass is 441 g/mol. The van der Waals surface area contributed by atoms with Crippen molar-refractivity contribution in [2.45, 2.75) is 12.8 Å². The van der Waals surface area contributed by atoms with Crippen LogP contribution in [0.15, 0.2) is 53.4 Å². The minimum absolute atomic E-state index is 0.148. The van der Waals surface area contributed by atoms with E-state index in [1.54, 1.807) is 6.08 Å². The van der Waals surface area contributed by atoms with Crippen LogP contribution in [0, 0.1) is 0 Å². The summed E-state index contributed by atoms with van der Waals surface area (Å²) in [5, 5.41) is 0. The van der Waals surface area contributed by atoms with Gasteiger partial charge in [0.2, 0.25) is 12.7 Å². The van der Waals surface area contributed by atoms with Crippen LogP contribution in [-0.2, 0) is 9.59 Å². The van der Waals surface area contributed by atoms with Gasteiger partial charge in [-0.3, -0.25) is 25.3 Å². The summed E-state index contributed by atoms with van der Waals surface area (Å²) in [6.07, 6.45) is 2.57. The first-order chi connectivity index (χ1) is 14.6. The fraction of sp³-hybridized carbons (Fsp3) is 0.190. The average molecular weight is 442 g/mol. The second-order valence-electron chi connectivity index (χ2n) is 6.59. The first-order valence-electron chi connectivity index (χ1n) is 9.35. The SMILES string of the molecule is O=C(CCCN1C(=O)C(=Cc2ccc3c(c2)OCO3)SC1=S)NNc1ccccc1. The third-order valence-corrected chi connectivity index (χ3v) is 5.85. The molecule has 2 amide bonds. The molecule has 154 valence electrons. The third kappa shape index (κ3) is 4.74. The van der Waals surface area contributed by atoms with Crippen molar-refractivity contribution in [2.24, 2.45) is 0 Å². The normalized spacial score (nSPS) is 16.3. The van der Waals surface area contributed by atoms with E-state index in [2.05, 4.69) is 10.9 Å². The van der Waals surface area contributed by atoms with Crippen molar-refractivity contribution in [3.63, 3.8) is 0 Å². The zero-order valence-electron chi connectivity index (χ0n) is 15.9. The van der Waals surface area contributed by atoms with E-state index < -0.39 is 0 Å². The molecule has 0 spiro atoms. The molecule has 2 aliphatic heterocycles. The molecule has 2 aromatic carbocycles. The van der Waals surface area contributed by atoms with Gasteiger partial charge in [-0.15, -0.1) is 0 Å². The maximum atomic E-state index is 12.7. The number of benzene rings is 2. The molecule has 0 bridgehead atoms. The zero-order valence-corrected chi connectivity index (χ0v) is 17.6. The maximum Gasteiger partial charge on any atom is 0.266 e. The number of anilines is 1. The van der Waals surface area contributed by atoms with Crippen molar-refractivity contribution in [3.8, 4) is 11.5 Å². The lowest BCUT2D eigenvalue weighted by molar-refractivity contribution is -0.123.